The molecule has 5 nitrogen and oxygen atoms in total. The molecule has 1 aromatic heterocycles. The number of aliphatic imine (C=N–C) groups is 1. The van der Waals surface area contributed by atoms with Crippen LogP contribution in [0.15, 0.2) is 9.52 Å². The van der Waals surface area contributed by atoms with Crippen molar-refractivity contribution in [3.8, 4) is 0 Å². The monoisotopic (exact) mass is 278 g/mol. The largest absolute Gasteiger partial charge is 0.361 e. The molecule has 1 aromatic rings. The van der Waals surface area contributed by atoms with Crippen LogP contribution in [-0.2, 0) is 6.54 Å². The van der Waals surface area contributed by atoms with E-state index in [4.69, 9.17) is 9.52 Å². The fraction of sp³-hybridized carbons (Fsp3) is 0.733. The van der Waals surface area contributed by atoms with Crippen molar-refractivity contribution in [2.24, 2.45) is 10.9 Å². The van der Waals surface area contributed by atoms with Crippen LogP contribution >= 0.6 is 0 Å². The second-order valence-electron chi connectivity index (χ2n) is 5.64. The number of nitrogens with zero attached hydrogens (tertiary/aromatic N) is 3. The van der Waals surface area contributed by atoms with Gasteiger partial charge < -0.3 is 14.7 Å². The molecule has 0 atom stereocenters. The fourth-order valence-electron chi connectivity index (χ4n) is 2.53. The lowest BCUT2D eigenvalue weighted by Crippen LogP contribution is -2.45. The summed E-state index contributed by atoms with van der Waals surface area (Å²) in [6.45, 7) is 12.1. The molecular formula is C15H26N4O. The van der Waals surface area contributed by atoms with Crippen LogP contribution in [0.3, 0.4) is 0 Å². The molecule has 2 heterocycles. The van der Waals surface area contributed by atoms with Gasteiger partial charge in [-0.1, -0.05) is 12.1 Å². The normalized spacial score (nSPS) is 17.6. The van der Waals surface area contributed by atoms with E-state index in [2.05, 4.69) is 29.2 Å². The van der Waals surface area contributed by atoms with Crippen LogP contribution in [0.4, 0.5) is 0 Å². The minimum absolute atomic E-state index is 0.634. The number of nitrogens with one attached hydrogen (secondary N) is 1. The predicted molar refractivity (Wildman–Crippen MR) is 80.8 cm³/mol. The van der Waals surface area contributed by atoms with E-state index in [1.807, 2.05) is 13.8 Å². The van der Waals surface area contributed by atoms with Crippen LogP contribution in [0.2, 0.25) is 0 Å². The molecule has 0 unspecified atom stereocenters. The summed E-state index contributed by atoms with van der Waals surface area (Å²) in [5.74, 6) is 2.71. The molecule has 20 heavy (non-hydrogen) atoms. The summed E-state index contributed by atoms with van der Waals surface area (Å²) < 4.78 is 5.19. The smallest absolute Gasteiger partial charge is 0.194 e. The van der Waals surface area contributed by atoms with Crippen molar-refractivity contribution in [1.29, 1.82) is 0 Å². The zero-order chi connectivity index (χ0) is 14.5. The maximum absolute atomic E-state index is 5.19. The highest BCUT2D eigenvalue weighted by molar-refractivity contribution is 5.80. The molecule has 0 amide bonds. The minimum Gasteiger partial charge on any atom is -0.361 e. The van der Waals surface area contributed by atoms with E-state index in [1.54, 1.807) is 0 Å². The van der Waals surface area contributed by atoms with Gasteiger partial charge in [0.15, 0.2) is 5.96 Å². The van der Waals surface area contributed by atoms with Gasteiger partial charge in [-0.05, 0) is 39.5 Å². The topological polar surface area (TPSA) is 53.7 Å². The molecule has 0 saturated carbocycles. The third-order valence-electron chi connectivity index (χ3n) is 3.99. The van der Waals surface area contributed by atoms with Crippen molar-refractivity contribution >= 4 is 5.96 Å². The van der Waals surface area contributed by atoms with Gasteiger partial charge in [0, 0.05) is 25.2 Å². The maximum atomic E-state index is 5.19. The van der Waals surface area contributed by atoms with Gasteiger partial charge in [0.1, 0.15) is 5.76 Å². The third-order valence-corrected chi connectivity index (χ3v) is 3.99. The van der Waals surface area contributed by atoms with Crippen molar-refractivity contribution in [3.05, 3.63) is 17.0 Å². The quantitative estimate of drug-likeness (QED) is 0.682. The van der Waals surface area contributed by atoms with E-state index in [9.17, 15) is 0 Å². The molecule has 1 fully saturated rings. The first kappa shape index (κ1) is 14.9. The predicted octanol–water partition coefficient (Wildman–Crippen LogP) is 2.49. The highest BCUT2D eigenvalue weighted by Crippen LogP contribution is 2.17. The van der Waals surface area contributed by atoms with Gasteiger partial charge in [0.2, 0.25) is 0 Å². The Balaban J connectivity index is 2.06. The molecule has 1 aliphatic rings. The lowest BCUT2D eigenvalue weighted by molar-refractivity contribution is 0.273. The lowest BCUT2D eigenvalue weighted by Gasteiger charge is -2.33. The van der Waals surface area contributed by atoms with Crippen molar-refractivity contribution in [2.75, 3.05) is 19.6 Å². The van der Waals surface area contributed by atoms with E-state index < -0.39 is 0 Å². The van der Waals surface area contributed by atoms with Gasteiger partial charge in [-0.25, -0.2) is 4.99 Å². The number of likely N-dealkylation sites (tertiary alicyclic amines) is 1. The molecule has 1 saturated heterocycles. The van der Waals surface area contributed by atoms with E-state index in [-0.39, 0.29) is 0 Å². The molecule has 1 aliphatic heterocycles. The van der Waals surface area contributed by atoms with Crippen LogP contribution in [0.5, 0.6) is 0 Å². The fourth-order valence-corrected chi connectivity index (χ4v) is 2.53. The summed E-state index contributed by atoms with van der Waals surface area (Å²) >= 11 is 0. The molecule has 0 spiro atoms. The summed E-state index contributed by atoms with van der Waals surface area (Å²) in [6.07, 6.45) is 2.49. The first-order chi connectivity index (χ1) is 9.61. The molecule has 112 valence electrons. The summed E-state index contributed by atoms with van der Waals surface area (Å²) in [6, 6.07) is 0. The number of aryl methyl sites for hydroxylation is 2. The van der Waals surface area contributed by atoms with Crippen LogP contribution in [0, 0.1) is 19.8 Å². The second kappa shape index (κ2) is 6.77. The van der Waals surface area contributed by atoms with E-state index in [0.29, 0.717) is 6.54 Å². The van der Waals surface area contributed by atoms with E-state index >= 15 is 0 Å². The molecule has 0 aliphatic carbocycles. The molecule has 0 bridgehead atoms. The average Bonchev–Trinajstić information content (AvgIpc) is 2.75. The van der Waals surface area contributed by atoms with Crippen molar-refractivity contribution in [2.45, 2.75) is 47.1 Å². The molecule has 1 N–H and O–H groups in total. The molecule has 5 heteroatoms. The number of guanidine groups is 1. The summed E-state index contributed by atoms with van der Waals surface area (Å²) in [4.78, 5) is 7.12. The number of piperidine rings is 1. The summed E-state index contributed by atoms with van der Waals surface area (Å²) in [5.41, 5.74) is 2.04. The Morgan fingerprint density at radius 2 is 2.10 bits per heavy atom. The second-order valence-corrected chi connectivity index (χ2v) is 5.64. The Kier molecular flexibility index (Phi) is 5.04. The van der Waals surface area contributed by atoms with Gasteiger partial charge in [-0.3, -0.25) is 0 Å². The van der Waals surface area contributed by atoms with Gasteiger partial charge in [-0.15, -0.1) is 0 Å². The van der Waals surface area contributed by atoms with Crippen molar-refractivity contribution in [3.63, 3.8) is 0 Å². The van der Waals surface area contributed by atoms with Gasteiger partial charge in [0.05, 0.1) is 12.2 Å². The lowest BCUT2D eigenvalue weighted by atomic mass is 10.00. The van der Waals surface area contributed by atoms with Gasteiger partial charge in [-0.2, -0.15) is 0 Å². The van der Waals surface area contributed by atoms with Crippen molar-refractivity contribution in [1.82, 2.24) is 15.4 Å². The minimum atomic E-state index is 0.634. The molecule has 2 rings (SSSR count). The first-order valence-corrected chi connectivity index (χ1v) is 7.56. The zero-order valence-corrected chi connectivity index (χ0v) is 13.1. The van der Waals surface area contributed by atoms with Crippen LogP contribution in [0.1, 0.15) is 43.7 Å². The van der Waals surface area contributed by atoms with Crippen molar-refractivity contribution < 1.29 is 4.52 Å². The van der Waals surface area contributed by atoms with Crippen LogP contribution < -0.4 is 5.32 Å². The zero-order valence-electron chi connectivity index (χ0n) is 13.1. The number of hydrogen-bond donors (Lipinski definition) is 1. The SMILES string of the molecule is CCNC(=NCc1c(C)noc1C)N1CCC(C)CC1. The first-order valence-electron chi connectivity index (χ1n) is 7.56. The number of rotatable bonds is 3. The maximum Gasteiger partial charge on any atom is 0.194 e. The highest BCUT2D eigenvalue weighted by atomic mass is 16.5. The Labute approximate surface area is 121 Å². The van der Waals surface area contributed by atoms with E-state index in [0.717, 1.165) is 48.5 Å². The Bertz CT molecular complexity index is 439. The molecule has 0 aromatic carbocycles. The summed E-state index contributed by atoms with van der Waals surface area (Å²) in [5, 5.41) is 7.38. The third kappa shape index (κ3) is 3.52. The average molecular weight is 278 g/mol. The molecular weight excluding hydrogens is 252 g/mol. The molecule has 0 radical (unpaired) electrons. The highest BCUT2D eigenvalue weighted by Gasteiger charge is 2.18. The Hall–Kier alpha value is -1.52. The van der Waals surface area contributed by atoms with Gasteiger partial charge in [0.25, 0.3) is 0 Å². The standard InChI is InChI=1S/C15H26N4O/c1-5-16-15(19-8-6-11(2)7-9-19)17-10-14-12(3)18-20-13(14)4/h11H,5-10H2,1-4H3,(H,16,17). The van der Waals surface area contributed by atoms with Crippen LogP contribution in [0.25, 0.3) is 0 Å². The summed E-state index contributed by atoms with van der Waals surface area (Å²) in [7, 11) is 0. The Morgan fingerprint density at radius 1 is 1.40 bits per heavy atom. The number of hydrogen-bond acceptors (Lipinski definition) is 3. The number of aromatic nitrogens is 1. The Morgan fingerprint density at radius 3 is 2.65 bits per heavy atom. The van der Waals surface area contributed by atoms with Crippen LogP contribution in [-0.4, -0.2) is 35.7 Å². The van der Waals surface area contributed by atoms with Gasteiger partial charge >= 0.3 is 0 Å². The van der Waals surface area contributed by atoms with E-state index in [1.165, 1.54) is 12.8 Å².